The normalized spacial score (nSPS) is 15.8. The number of amides is 1. The van der Waals surface area contributed by atoms with Crippen molar-refractivity contribution in [3.8, 4) is 22.8 Å². The van der Waals surface area contributed by atoms with E-state index in [2.05, 4.69) is 16.5 Å². The zero-order chi connectivity index (χ0) is 22.1. The van der Waals surface area contributed by atoms with Crippen LogP contribution in [0.15, 0.2) is 73.6 Å². The van der Waals surface area contributed by atoms with Crippen LogP contribution in [0.5, 0.6) is 11.5 Å². The van der Waals surface area contributed by atoms with Gasteiger partial charge >= 0.3 is 0 Å². The Kier molecular flexibility index (Phi) is 5.03. The van der Waals surface area contributed by atoms with E-state index in [9.17, 15) is 4.79 Å². The lowest BCUT2D eigenvalue weighted by atomic mass is 10.1. The molecule has 1 aliphatic heterocycles. The van der Waals surface area contributed by atoms with E-state index in [4.69, 9.17) is 15.6 Å². The number of aromatic nitrogens is 4. The third kappa shape index (κ3) is 3.56. The topological polar surface area (TPSA) is 99.2 Å². The van der Waals surface area contributed by atoms with Gasteiger partial charge in [0.2, 0.25) is 5.91 Å². The fraction of sp³-hybridized carbons (Fsp3) is 0.167. The zero-order valence-electron chi connectivity index (χ0n) is 17.4. The molecule has 1 saturated heterocycles. The van der Waals surface area contributed by atoms with E-state index in [0.717, 1.165) is 23.5 Å². The third-order valence-electron chi connectivity index (χ3n) is 5.62. The second-order valence-corrected chi connectivity index (χ2v) is 7.62. The highest BCUT2D eigenvalue weighted by Crippen LogP contribution is 2.34. The number of anilines is 1. The Morgan fingerprint density at radius 1 is 1.09 bits per heavy atom. The zero-order valence-corrected chi connectivity index (χ0v) is 17.4. The molecule has 2 aromatic heterocycles. The number of carbonyl (C=O) groups is 1. The molecule has 8 nitrogen and oxygen atoms in total. The highest BCUT2D eigenvalue weighted by molar-refractivity contribution is 5.98. The maximum Gasteiger partial charge on any atom is 0.246 e. The van der Waals surface area contributed by atoms with Crippen LogP contribution >= 0.6 is 0 Å². The van der Waals surface area contributed by atoms with Gasteiger partial charge in [0, 0.05) is 18.7 Å². The number of benzene rings is 2. The monoisotopic (exact) mass is 426 g/mol. The smallest absolute Gasteiger partial charge is 0.246 e. The minimum Gasteiger partial charge on any atom is -0.457 e. The average Bonchev–Trinajstić information content (AvgIpc) is 3.46. The number of hydrogen-bond donors (Lipinski definition) is 1. The Bertz CT molecular complexity index is 1280. The first-order valence-electron chi connectivity index (χ1n) is 10.4. The van der Waals surface area contributed by atoms with Gasteiger partial charge in [-0.2, -0.15) is 5.10 Å². The van der Waals surface area contributed by atoms with Gasteiger partial charge < -0.3 is 15.4 Å². The summed E-state index contributed by atoms with van der Waals surface area (Å²) in [7, 11) is 0. The van der Waals surface area contributed by atoms with Gasteiger partial charge in [0.15, 0.2) is 5.65 Å². The second kappa shape index (κ2) is 8.14. The Labute approximate surface area is 185 Å². The number of nitrogen functional groups attached to an aromatic ring is 1. The number of nitrogens with zero attached hydrogens (tertiary/aromatic N) is 5. The van der Waals surface area contributed by atoms with Crippen molar-refractivity contribution in [1.82, 2.24) is 24.6 Å². The molecule has 1 aliphatic rings. The predicted octanol–water partition coefficient (Wildman–Crippen LogP) is 3.83. The standard InChI is InChI=1S/C24H22N6O2/c1-2-20(31)29-13-12-17(14-29)30-24-21(23(25)26-15-27-24)22(28-30)16-8-10-19(11-9-16)32-18-6-4-3-5-7-18/h2-11,15,17H,1,12-14H2,(H2,25,26,27)/t17-/m0/s1. The van der Waals surface area contributed by atoms with Crippen LogP contribution in [-0.4, -0.2) is 43.6 Å². The van der Waals surface area contributed by atoms with Crippen LogP contribution in [0.25, 0.3) is 22.3 Å². The van der Waals surface area contributed by atoms with Crippen LogP contribution in [0.4, 0.5) is 5.82 Å². The molecule has 32 heavy (non-hydrogen) atoms. The number of likely N-dealkylation sites (tertiary alicyclic amines) is 1. The molecule has 0 unspecified atom stereocenters. The predicted molar refractivity (Wildman–Crippen MR) is 122 cm³/mol. The number of fused-ring (bicyclic) bond motifs is 1. The van der Waals surface area contributed by atoms with Crippen molar-refractivity contribution in [3.63, 3.8) is 0 Å². The average molecular weight is 426 g/mol. The maximum absolute atomic E-state index is 12.0. The van der Waals surface area contributed by atoms with E-state index in [1.54, 1.807) is 4.90 Å². The Morgan fingerprint density at radius 2 is 1.84 bits per heavy atom. The number of hydrogen-bond acceptors (Lipinski definition) is 6. The second-order valence-electron chi connectivity index (χ2n) is 7.62. The van der Waals surface area contributed by atoms with Crippen LogP contribution in [-0.2, 0) is 4.79 Å². The van der Waals surface area contributed by atoms with Crippen LogP contribution in [0.2, 0.25) is 0 Å². The lowest BCUT2D eigenvalue weighted by Gasteiger charge is -2.14. The highest BCUT2D eigenvalue weighted by Gasteiger charge is 2.30. The molecule has 1 amide bonds. The first-order chi connectivity index (χ1) is 15.6. The summed E-state index contributed by atoms with van der Waals surface area (Å²) in [5.74, 6) is 1.79. The van der Waals surface area contributed by atoms with Gasteiger partial charge in [-0.15, -0.1) is 0 Å². The SMILES string of the molecule is C=CC(=O)N1CC[C@H](n2nc(-c3ccc(Oc4ccccc4)cc3)c3c(N)ncnc32)C1. The van der Waals surface area contributed by atoms with Gasteiger partial charge in [0.25, 0.3) is 0 Å². The summed E-state index contributed by atoms with van der Waals surface area (Å²) < 4.78 is 7.76. The highest BCUT2D eigenvalue weighted by atomic mass is 16.5. The number of carbonyl (C=O) groups excluding carboxylic acids is 1. The first-order valence-corrected chi connectivity index (χ1v) is 10.4. The van der Waals surface area contributed by atoms with Crippen molar-refractivity contribution >= 4 is 22.8 Å². The van der Waals surface area contributed by atoms with Crippen molar-refractivity contribution in [1.29, 1.82) is 0 Å². The number of para-hydroxylation sites is 1. The summed E-state index contributed by atoms with van der Waals surface area (Å²) >= 11 is 0. The molecule has 1 fully saturated rings. The molecular weight excluding hydrogens is 404 g/mol. The van der Waals surface area contributed by atoms with E-state index >= 15 is 0 Å². The lowest BCUT2D eigenvalue weighted by molar-refractivity contribution is -0.125. The minimum absolute atomic E-state index is 0.00476. The van der Waals surface area contributed by atoms with Gasteiger partial charge in [0.05, 0.1) is 11.4 Å². The largest absolute Gasteiger partial charge is 0.457 e. The van der Waals surface area contributed by atoms with E-state index in [0.29, 0.717) is 35.6 Å². The summed E-state index contributed by atoms with van der Waals surface area (Å²) in [6.07, 6.45) is 3.57. The van der Waals surface area contributed by atoms with Gasteiger partial charge in [-0.05, 0) is 48.9 Å². The molecule has 2 aromatic carbocycles. The van der Waals surface area contributed by atoms with Crippen molar-refractivity contribution < 1.29 is 9.53 Å². The quantitative estimate of drug-likeness (QED) is 0.487. The Morgan fingerprint density at radius 3 is 2.59 bits per heavy atom. The molecule has 0 spiro atoms. The molecule has 8 heteroatoms. The number of ether oxygens (including phenoxy) is 1. The summed E-state index contributed by atoms with van der Waals surface area (Å²) in [6.45, 7) is 4.78. The first kappa shape index (κ1) is 19.7. The Balaban J connectivity index is 1.49. The summed E-state index contributed by atoms with van der Waals surface area (Å²) in [5, 5.41) is 5.57. The molecule has 2 N–H and O–H groups in total. The van der Waals surface area contributed by atoms with Gasteiger partial charge in [0.1, 0.15) is 29.3 Å². The van der Waals surface area contributed by atoms with Crippen molar-refractivity contribution in [3.05, 3.63) is 73.6 Å². The van der Waals surface area contributed by atoms with Gasteiger partial charge in [-0.25, -0.2) is 14.6 Å². The van der Waals surface area contributed by atoms with Gasteiger partial charge in [-0.1, -0.05) is 24.8 Å². The molecule has 5 rings (SSSR count). The van der Waals surface area contributed by atoms with Crippen LogP contribution in [0, 0.1) is 0 Å². The Hall–Kier alpha value is -4.20. The van der Waals surface area contributed by atoms with E-state index in [1.807, 2.05) is 59.3 Å². The van der Waals surface area contributed by atoms with Crippen molar-refractivity contribution in [2.45, 2.75) is 12.5 Å². The fourth-order valence-electron chi connectivity index (χ4n) is 4.03. The number of rotatable bonds is 5. The van der Waals surface area contributed by atoms with Crippen LogP contribution in [0.3, 0.4) is 0 Å². The van der Waals surface area contributed by atoms with Crippen molar-refractivity contribution in [2.75, 3.05) is 18.8 Å². The summed E-state index contributed by atoms with van der Waals surface area (Å²) in [6, 6.07) is 17.3. The molecule has 4 aromatic rings. The van der Waals surface area contributed by atoms with Gasteiger partial charge in [-0.3, -0.25) is 4.79 Å². The molecule has 0 radical (unpaired) electrons. The molecule has 0 bridgehead atoms. The maximum atomic E-state index is 12.0. The minimum atomic E-state index is -0.0765. The van der Waals surface area contributed by atoms with Crippen LogP contribution in [0.1, 0.15) is 12.5 Å². The summed E-state index contributed by atoms with van der Waals surface area (Å²) in [5.41, 5.74) is 8.48. The fourth-order valence-corrected chi connectivity index (χ4v) is 4.03. The molecule has 1 atom stereocenters. The molecule has 0 aliphatic carbocycles. The number of nitrogens with two attached hydrogens (primary N) is 1. The van der Waals surface area contributed by atoms with Crippen molar-refractivity contribution in [2.24, 2.45) is 0 Å². The lowest BCUT2D eigenvalue weighted by Crippen LogP contribution is -2.27. The molecule has 0 saturated carbocycles. The van der Waals surface area contributed by atoms with E-state index in [1.165, 1.54) is 12.4 Å². The summed E-state index contributed by atoms with van der Waals surface area (Å²) in [4.78, 5) is 22.4. The molecule has 3 heterocycles. The van der Waals surface area contributed by atoms with E-state index < -0.39 is 0 Å². The molecule has 160 valence electrons. The molecular formula is C24H22N6O2. The van der Waals surface area contributed by atoms with E-state index in [-0.39, 0.29) is 11.9 Å². The van der Waals surface area contributed by atoms with Crippen LogP contribution < -0.4 is 10.5 Å². The third-order valence-corrected chi connectivity index (χ3v) is 5.62.